The van der Waals surface area contributed by atoms with Crippen LogP contribution in [0.15, 0.2) is 48.5 Å². The Morgan fingerprint density at radius 1 is 1.14 bits per heavy atom. The second-order valence-corrected chi connectivity index (χ2v) is 7.37. The normalized spacial score (nSPS) is 11.6. The molecule has 29 heavy (non-hydrogen) atoms. The van der Waals surface area contributed by atoms with Gasteiger partial charge in [0.25, 0.3) is 0 Å². The number of rotatable bonds is 10. The molecule has 0 aliphatic heterocycles. The molecule has 0 unspecified atom stereocenters. The number of amides is 2. The number of halogens is 1. The molecular weight excluding hydrogens is 388 g/mol. The number of nitrogens with zero attached hydrogens (tertiary/aromatic N) is 1. The van der Waals surface area contributed by atoms with Crippen molar-refractivity contribution in [3.8, 4) is 5.75 Å². The van der Waals surface area contributed by atoms with Crippen LogP contribution in [-0.4, -0.2) is 36.4 Å². The molecule has 2 aromatic rings. The molecule has 0 aromatic heterocycles. The summed E-state index contributed by atoms with van der Waals surface area (Å²) >= 11 is 6.23. The first-order valence-corrected chi connectivity index (χ1v) is 10.3. The molecule has 2 aromatic carbocycles. The molecule has 0 spiro atoms. The number of hydrogen-bond acceptors (Lipinski definition) is 3. The first-order chi connectivity index (χ1) is 14.0. The van der Waals surface area contributed by atoms with E-state index in [2.05, 4.69) is 12.2 Å². The molecule has 0 radical (unpaired) electrons. The monoisotopic (exact) mass is 416 g/mol. The van der Waals surface area contributed by atoms with Crippen molar-refractivity contribution in [2.24, 2.45) is 0 Å². The summed E-state index contributed by atoms with van der Waals surface area (Å²) in [7, 11) is 1.61. The van der Waals surface area contributed by atoms with Gasteiger partial charge in [-0.05, 0) is 42.7 Å². The van der Waals surface area contributed by atoms with Crippen molar-refractivity contribution in [2.45, 2.75) is 45.7 Å². The average Bonchev–Trinajstić information content (AvgIpc) is 2.73. The minimum Gasteiger partial charge on any atom is -0.497 e. The summed E-state index contributed by atoms with van der Waals surface area (Å²) < 4.78 is 5.20. The molecule has 0 aliphatic carbocycles. The van der Waals surface area contributed by atoms with Gasteiger partial charge in [-0.25, -0.2) is 0 Å². The first kappa shape index (κ1) is 22.8. The number of carbonyl (C=O) groups excluding carboxylic acids is 2. The lowest BCUT2D eigenvalue weighted by molar-refractivity contribution is -0.140. The lowest BCUT2D eigenvalue weighted by atomic mass is 10.1. The van der Waals surface area contributed by atoms with Crippen LogP contribution in [0.3, 0.4) is 0 Å². The van der Waals surface area contributed by atoms with Gasteiger partial charge in [0.05, 0.1) is 13.5 Å². The maximum atomic E-state index is 13.1. The number of ether oxygens (including phenoxy) is 1. The predicted molar refractivity (Wildman–Crippen MR) is 116 cm³/mol. The molecule has 1 atom stereocenters. The summed E-state index contributed by atoms with van der Waals surface area (Å²) in [5, 5.41) is 3.47. The predicted octanol–water partition coefficient (Wildman–Crippen LogP) is 4.22. The first-order valence-electron chi connectivity index (χ1n) is 9.89. The van der Waals surface area contributed by atoms with E-state index in [1.165, 1.54) is 0 Å². The van der Waals surface area contributed by atoms with Gasteiger partial charge in [0.1, 0.15) is 11.8 Å². The molecule has 1 N–H and O–H groups in total. The summed E-state index contributed by atoms with van der Waals surface area (Å²) in [6.45, 7) is 4.76. The quantitative estimate of drug-likeness (QED) is 0.590. The number of methoxy groups -OCH3 is 1. The van der Waals surface area contributed by atoms with Crippen molar-refractivity contribution in [2.75, 3.05) is 13.7 Å². The average molecular weight is 417 g/mol. The highest BCUT2D eigenvalue weighted by Gasteiger charge is 2.26. The van der Waals surface area contributed by atoms with E-state index >= 15 is 0 Å². The van der Waals surface area contributed by atoms with E-state index < -0.39 is 6.04 Å². The highest BCUT2D eigenvalue weighted by molar-refractivity contribution is 6.31. The summed E-state index contributed by atoms with van der Waals surface area (Å²) in [5.74, 6) is 0.444. The highest BCUT2D eigenvalue weighted by atomic mass is 35.5. The Labute approximate surface area is 178 Å². The van der Waals surface area contributed by atoms with Crippen LogP contribution in [0.1, 0.15) is 37.8 Å². The van der Waals surface area contributed by atoms with Gasteiger partial charge in [-0.2, -0.15) is 0 Å². The maximum absolute atomic E-state index is 13.1. The smallest absolute Gasteiger partial charge is 0.242 e. The third kappa shape index (κ3) is 6.79. The Balaban J connectivity index is 2.19. The van der Waals surface area contributed by atoms with E-state index in [1.54, 1.807) is 25.0 Å². The molecule has 5 nitrogen and oxygen atoms in total. The summed E-state index contributed by atoms with van der Waals surface area (Å²) in [6, 6.07) is 14.2. The van der Waals surface area contributed by atoms with Crippen LogP contribution in [0.25, 0.3) is 0 Å². The van der Waals surface area contributed by atoms with Gasteiger partial charge in [-0.3, -0.25) is 9.59 Å². The Kier molecular flexibility index (Phi) is 9.00. The second-order valence-electron chi connectivity index (χ2n) is 6.96. The zero-order valence-electron chi connectivity index (χ0n) is 17.3. The fourth-order valence-corrected chi connectivity index (χ4v) is 3.16. The van der Waals surface area contributed by atoms with Crippen LogP contribution < -0.4 is 10.1 Å². The van der Waals surface area contributed by atoms with E-state index in [9.17, 15) is 9.59 Å². The molecule has 2 amide bonds. The summed E-state index contributed by atoms with van der Waals surface area (Å²) in [5.41, 5.74) is 1.67. The minimum absolute atomic E-state index is 0.141. The van der Waals surface area contributed by atoms with Crippen LogP contribution in [-0.2, 0) is 22.6 Å². The van der Waals surface area contributed by atoms with E-state index in [-0.39, 0.29) is 18.2 Å². The van der Waals surface area contributed by atoms with Gasteiger partial charge in [0.2, 0.25) is 11.8 Å². The lowest BCUT2D eigenvalue weighted by Crippen LogP contribution is -2.48. The zero-order chi connectivity index (χ0) is 21.2. The van der Waals surface area contributed by atoms with Crippen molar-refractivity contribution < 1.29 is 14.3 Å². The van der Waals surface area contributed by atoms with Crippen molar-refractivity contribution >= 4 is 23.4 Å². The van der Waals surface area contributed by atoms with Crippen molar-refractivity contribution in [1.82, 2.24) is 10.2 Å². The third-order valence-corrected chi connectivity index (χ3v) is 5.18. The Morgan fingerprint density at radius 3 is 2.45 bits per heavy atom. The molecule has 0 heterocycles. The van der Waals surface area contributed by atoms with E-state index in [1.807, 2.05) is 42.5 Å². The van der Waals surface area contributed by atoms with Crippen molar-refractivity contribution in [3.05, 3.63) is 64.7 Å². The summed E-state index contributed by atoms with van der Waals surface area (Å²) in [4.78, 5) is 27.4. The van der Waals surface area contributed by atoms with Crippen molar-refractivity contribution in [3.63, 3.8) is 0 Å². The molecule has 6 heteroatoms. The molecule has 0 fully saturated rings. The van der Waals surface area contributed by atoms with Crippen LogP contribution >= 0.6 is 11.6 Å². The van der Waals surface area contributed by atoms with Gasteiger partial charge in [-0.1, -0.05) is 55.3 Å². The largest absolute Gasteiger partial charge is 0.497 e. The van der Waals surface area contributed by atoms with E-state index in [0.717, 1.165) is 29.7 Å². The minimum atomic E-state index is -0.594. The number of hydrogen-bond donors (Lipinski definition) is 1. The number of carbonyl (C=O) groups is 2. The maximum Gasteiger partial charge on any atom is 0.242 e. The van der Waals surface area contributed by atoms with Crippen LogP contribution in [0, 0.1) is 0 Å². The van der Waals surface area contributed by atoms with Gasteiger partial charge in [-0.15, -0.1) is 0 Å². The second kappa shape index (κ2) is 11.5. The fraction of sp³-hybridized carbons (Fsp3) is 0.391. The topological polar surface area (TPSA) is 58.6 Å². The van der Waals surface area contributed by atoms with Crippen LogP contribution in [0.5, 0.6) is 5.75 Å². The fourth-order valence-electron chi connectivity index (χ4n) is 2.95. The van der Waals surface area contributed by atoms with Gasteiger partial charge in [0.15, 0.2) is 0 Å². The lowest BCUT2D eigenvalue weighted by Gasteiger charge is -2.29. The number of nitrogens with one attached hydrogen (secondary N) is 1. The van der Waals surface area contributed by atoms with Crippen LogP contribution in [0.2, 0.25) is 5.02 Å². The van der Waals surface area contributed by atoms with Gasteiger partial charge in [0, 0.05) is 18.1 Å². The highest BCUT2D eigenvalue weighted by Crippen LogP contribution is 2.19. The van der Waals surface area contributed by atoms with E-state index in [4.69, 9.17) is 16.3 Å². The molecular formula is C23H29ClN2O3. The molecule has 0 aliphatic rings. The molecule has 0 bridgehead atoms. The van der Waals surface area contributed by atoms with Crippen LogP contribution in [0.4, 0.5) is 0 Å². The summed E-state index contributed by atoms with van der Waals surface area (Å²) in [6.07, 6.45) is 2.04. The van der Waals surface area contributed by atoms with Gasteiger partial charge >= 0.3 is 0 Å². The standard InChI is InChI=1S/C23H29ClN2O3/c1-4-5-14-25-23(28)17(2)26(16-18-10-12-20(29-3)13-11-18)22(27)15-19-8-6-7-9-21(19)24/h6-13,17H,4-5,14-16H2,1-3H3,(H,25,28)/t17-/m1/s1. The van der Waals surface area contributed by atoms with E-state index in [0.29, 0.717) is 18.1 Å². The number of unbranched alkanes of at least 4 members (excludes halogenated alkanes) is 1. The molecule has 0 saturated heterocycles. The molecule has 2 rings (SSSR count). The zero-order valence-corrected chi connectivity index (χ0v) is 18.0. The Morgan fingerprint density at radius 2 is 1.83 bits per heavy atom. The molecule has 156 valence electrons. The Bertz CT molecular complexity index is 808. The third-order valence-electron chi connectivity index (χ3n) is 4.81. The van der Waals surface area contributed by atoms with Gasteiger partial charge < -0.3 is 15.0 Å². The SMILES string of the molecule is CCCCNC(=O)[C@@H](C)N(Cc1ccc(OC)cc1)C(=O)Cc1ccccc1Cl. The van der Waals surface area contributed by atoms with Crippen molar-refractivity contribution in [1.29, 1.82) is 0 Å². The number of benzene rings is 2. The molecule has 0 saturated carbocycles. The Hall–Kier alpha value is -2.53.